The molecule has 2 aromatic heterocycles. The number of carbonyl (C=O) groups is 1. The van der Waals surface area contributed by atoms with E-state index in [1.54, 1.807) is 13.0 Å². The van der Waals surface area contributed by atoms with E-state index in [2.05, 4.69) is 15.7 Å². The van der Waals surface area contributed by atoms with Gasteiger partial charge in [-0.2, -0.15) is 21.4 Å². The van der Waals surface area contributed by atoms with Crippen LogP contribution < -0.4 is 15.4 Å². The van der Waals surface area contributed by atoms with Gasteiger partial charge in [0.05, 0.1) is 22.3 Å². The Kier molecular flexibility index (Phi) is 6.43. The number of carbonyl (C=O) groups excluding carboxylic acids is 1. The molecule has 4 rings (SSSR count). The molecule has 3 aromatic rings. The molecule has 0 radical (unpaired) electrons. The van der Waals surface area contributed by atoms with E-state index < -0.39 is 11.6 Å². The topological polar surface area (TPSA) is 67.7 Å². The quantitative estimate of drug-likeness (QED) is 0.609. The molecule has 1 fully saturated rings. The Balaban J connectivity index is 1.58. The number of aromatic nitrogens is 2. The summed E-state index contributed by atoms with van der Waals surface area (Å²) in [4.78, 5) is 12.9. The molecule has 3 heterocycles. The Labute approximate surface area is 183 Å². The van der Waals surface area contributed by atoms with E-state index in [9.17, 15) is 13.6 Å². The number of rotatable bonds is 6. The molecule has 0 aliphatic carbocycles. The van der Waals surface area contributed by atoms with Gasteiger partial charge in [-0.15, -0.1) is 0 Å². The zero-order valence-electron chi connectivity index (χ0n) is 17.4. The van der Waals surface area contributed by atoms with Crippen LogP contribution in [0.5, 0.6) is 5.88 Å². The normalized spacial score (nSPS) is 16.5. The minimum absolute atomic E-state index is 0.156. The first-order valence-corrected chi connectivity index (χ1v) is 11.2. The highest BCUT2D eigenvalue weighted by Gasteiger charge is 2.21. The van der Waals surface area contributed by atoms with Crippen molar-refractivity contribution in [3.05, 3.63) is 64.4 Å². The molecule has 1 aliphatic rings. The van der Waals surface area contributed by atoms with Crippen LogP contribution in [0.3, 0.4) is 0 Å². The van der Waals surface area contributed by atoms with E-state index in [1.165, 1.54) is 22.7 Å². The number of fused-ring (bicyclic) bond motifs is 1. The largest absolute Gasteiger partial charge is 0.473 e. The second-order valence-electron chi connectivity index (χ2n) is 7.55. The van der Waals surface area contributed by atoms with E-state index in [1.807, 2.05) is 24.8 Å². The van der Waals surface area contributed by atoms with Crippen molar-refractivity contribution in [3.63, 3.8) is 0 Å². The van der Waals surface area contributed by atoms with Gasteiger partial charge in [-0.05, 0) is 37.6 Å². The summed E-state index contributed by atoms with van der Waals surface area (Å²) in [6.45, 7) is 4.80. The van der Waals surface area contributed by atoms with Crippen molar-refractivity contribution in [2.45, 2.75) is 26.5 Å². The molecular weight excluding hydrogens is 422 g/mol. The average Bonchev–Trinajstić information content (AvgIpc) is 3.08. The van der Waals surface area contributed by atoms with Gasteiger partial charge in [0.2, 0.25) is 5.88 Å². The van der Waals surface area contributed by atoms with Crippen LogP contribution in [-0.2, 0) is 6.61 Å². The van der Waals surface area contributed by atoms with Crippen LogP contribution in [0.15, 0.2) is 30.3 Å². The van der Waals surface area contributed by atoms with E-state index in [0.717, 1.165) is 23.6 Å². The predicted molar refractivity (Wildman–Crippen MR) is 117 cm³/mol. The maximum absolute atomic E-state index is 14.0. The van der Waals surface area contributed by atoms with Crippen molar-refractivity contribution < 1.29 is 18.3 Å². The van der Waals surface area contributed by atoms with Crippen molar-refractivity contribution >= 4 is 23.2 Å². The minimum atomic E-state index is -0.671. The fourth-order valence-electron chi connectivity index (χ4n) is 3.61. The molecule has 1 atom stereocenters. The predicted octanol–water partition coefficient (Wildman–Crippen LogP) is 3.24. The van der Waals surface area contributed by atoms with Crippen LogP contribution in [0.1, 0.15) is 27.2 Å². The van der Waals surface area contributed by atoms with E-state index in [4.69, 9.17) is 4.74 Å². The van der Waals surface area contributed by atoms with Crippen LogP contribution in [0.2, 0.25) is 0 Å². The molecule has 0 saturated carbocycles. The number of nitrogens with one attached hydrogen (secondary N) is 2. The first kappa shape index (κ1) is 21.6. The minimum Gasteiger partial charge on any atom is -0.473 e. The fourth-order valence-corrected chi connectivity index (χ4v) is 4.56. The Morgan fingerprint density at radius 2 is 2.10 bits per heavy atom. The summed E-state index contributed by atoms with van der Waals surface area (Å²) in [5.74, 6) is 0.797. The lowest BCUT2D eigenvalue weighted by Crippen LogP contribution is -2.45. The number of hydrogen-bond acceptors (Lipinski definition) is 5. The van der Waals surface area contributed by atoms with Crippen LogP contribution in [0.4, 0.5) is 8.78 Å². The summed E-state index contributed by atoms with van der Waals surface area (Å²) < 4.78 is 35.1. The van der Waals surface area contributed by atoms with Gasteiger partial charge in [0, 0.05) is 36.7 Å². The van der Waals surface area contributed by atoms with Crippen molar-refractivity contribution in [2.75, 3.05) is 24.6 Å². The summed E-state index contributed by atoms with van der Waals surface area (Å²) in [7, 11) is 0. The highest BCUT2D eigenvalue weighted by Crippen LogP contribution is 2.25. The number of nitrogens with zero attached hydrogens (tertiary/aromatic N) is 2. The van der Waals surface area contributed by atoms with Crippen LogP contribution in [0.25, 0.3) is 5.52 Å². The highest BCUT2D eigenvalue weighted by atomic mass is 32.2. The van der Waals surface area contributed by atoms with Gasteiger partial charge in [-0.25, -0.2) is 8.78 Å². The molecule has 1 aliphatic heterocycles. The Morgan fingerprint density at radius 3 is 2.81 bits per heavy atom. The van der Waals surface area contributed by atoms with Gasteiger partial charge >= 0.3 is 0 Å². The highest BCUT2D eigenvalue weighted by molar-refractivity contribution is 7.99. The van der Waals surface area contributed by atoms with Crippen molar-refractivity contribution in [2.24, 2.45) is 0 Å². The van der Waals surface area contributed by atoms with Gasteiger partial charge < -0.3 is 15.4 Å². The molecule has 1 amide bonds. The number of halogens is 2. The molecule has 164 valence electrons. The molecule has 1 saturated heterocycles. The number of thioether (sulfide) groups is 1. The van der Waals surface area contributed by atoms with E-state index >= 15 is 0 Å². The van der Waals surface area contributed by atoms with Crippen LogP contribution >= 0.6 is 11.8 Å². The summed E-state index contributed by atoms with van der Waals surface area (Å²) in [5, 5.41) is 10.8. The molecule has 0 bridgehead atoms. The van der Waals surface area contributed by atoms with Crippen molar-refractivity contribution in [1.29, 1.82) is 0 Å². The molecule has 2 N–H and O–H groups in total. The Hall–Kier alpha value is -2.65. The number of ether oxygens (including phenoxy) is 1. The molecule has 1 aromatic carbocycles. The fraction of sp³-hybridized carbons (Fsp3) is 0.364. The molecule has 0 spiro atoms. The van der Waals surface area contributed by atoms with Gasteiger partial charge in [-0.3, -0.25) is 4.79 Å². The van der Waals surface area contributed by atoms with Crippen molar-refractivity contribution in [1.82, 2.24) is 20.2 Å². The number of pyridine rings is 1. The lowest BCUT2D eigenvalue weighted by molar-refractivity contribution is 0.0951. The van der Waals surface area contributed by atoms with Crippen molar-refractivity contribution in [3.8, 4) is 5.88 Å². The maximum Gasteiger partial charge on any atom is 0.255 e. The second kappa shape index (κ2) is 9.23. The van der Waals surface area contributed by atoms with E-state index in [0.29, 0.717) is 29.2 Å². The summed E-state index contributed by atoms with van der Waals surface area (Å²) in [6.07, 6.45) is 0. The van der Waals surface area contributed by atoms with Gasteiger partial charge in [0.25, 0.3) is 5.91 Å². The Morgan fingerprint density at radius 1 is 1.32 bits per heavy atom. The van der Waals surface area contributed by atoms with Gasteiger partial charge in [0.15, 0.2) is 0 Å². The molecule has 1 unspecified atom stereocenters. The summed E-state index contributed by atoms with van der Waals surface area (Å²) in [5.41, 5.74) is 2.29. The monoisotopic (exact) mass is 446 g/mol. The summed E-state index contributed by atoms with van der Waals surface area (Å²) in [6, 6.07) is 7.49. The number of amides is 1. The zero-order chi connectivity index (χ0) is 22.0. The van der Waals surface area contributed by atoms with Gasteiger partial charge in [-0.1, -0.05) is 6.07 Å². The van der Waals surface area contributed by atoms with Crippen LogP contribution in [-0.4, -0.2) is 46.2 Å². The number of benzene rings is 1. The first-order valence-electron chi connectivity index (χ1n) is 10.1. The number of aryl methyl sites for hydroxylation is 2. The SMILES string of the molecule is Cc1cc(OCc2c(F)cccc2F)n2nc(C)c(C(=O)NCC3CSCCN3)c2c1. The smallest absolute Gasteiger partial charge is 0.255 e. The molecule has 31 heavy (non-hydrogen) atoms. The van der Waals surface area contributed by atoms with E-state index in [-0.39, 0.29) is 24.1 Å². The van der Waals surface area contributed by atoms with Crippen LogP contribution in [0, 0.1) is 25.5 Å². The van der Waals surface area contributed by atoms with Gasteiger partial charge in [0.1, 0.15) is 18.2 Å². The first-order chi connectivity index (χ1) is 14.9. The Bertz CT molecular complexity index is 1090. The maximum atomic E-state index is 14.0. The molecular formula is C22H24F2N4O2S. The standard InChI is InChI=1S/C22H24F2N4O2S/c1-13-8-19-21(22(29)26-10-15-12-31-7-6-25-15)14(2)27-28(19)20(9-13)30-11-16-17(23)4-3-5-18(16)24/h3-5,8-9,15,25H,6-7,10-12H2,1-2H3,(H,26,29). The lowest BCUT2D eigenvalue weighted by Gasteiger charge is -2.23. The summed E-state index contributed by atoms with van der Waals surface area (Å²) >= 11 is 1.87. The zero-order valence-corrected chi connectivity index (χ0v) is 18.2. The third kappa shape index (κ3) is 4.67. The molecule has 9 heteroatoms. The second-order valence-corrected chi connectivity index (χ2v) is 8.70. The number of hydrogen-bond donors (Lipinski definition) is 2. The average molecular weight is 447 g/mol. The lowest BCUT2D eigenvalue weighted by atomic mass is 10.1. The third-order valence-corrected chi connectivity index (χ3v) is 6.31. The third-order valence-electron chi connectivity index (χ3n) is 5.18. The molecule has 6 nitrogen and oxygen atoms in total.